The zero-order chi connectivity index (χ0) is 23.8. The Morgan fingerprint density at radius 3 is 2.30 bits per heavy atom. The summed E-state index contributed by atoms with van der Waals surface area (Å²) in [5.74, 6) is -0.220. The predicted octanol–water partition coefficient (Wildman–Crippen LogP) is 4.18. The van der Waals surface area contributed by atoms with Crippen LogP contribution in [0.5, 0.6) is 5.75 Å². The molecule has 0 saturated carbocycles. The number of benzene rings is 2. The van der Waals surface area contributed by atoms with Crippen molar-refractivity contribution in [1.82, 2.24) is 8.54 Å². The molecule has 0 bridgehead atoms. The lowest BCUT2D eigenvalue weighted by molar-refractivity contribution is 0.102. The highest BCUT2D eigenvalue weighted by atomic mass is 32.2. The third kappa shape index (κ3) is 3.89. The summed E-state index contributed by atoms with van der Waals surface area (Å²) in [6.07, 6.45) is 3.57. The van der Waals surface area contributed by atoms with Gasteiger partial charge in [0.25, 0.3) is 10.0 Å². The van der Waals surface area contributed by atoms with Crippen LogP contribution in [0.1, 0.15) is 37.7 Å². The van der Waals surface area contributed by atoms with Crippen molar-refractivity contribution >= 4 is 22.1 Å². The predicted molar refractivity (Wildman–Crippen MR) is 124 cm³/mol. The van der Waals surface area contributed by atoms with Gasteiger partial charge in [0, 0.05) is 12.4 Å². The smallest absolute Gasteiger partial charge is 0.268 e. The molecule has 0 unspecified atom stereocenters. The molecule has 0 N–H and O–H groups in total. The number of ether oxygens (including phenoxy) is 1. The number of aryl methyl sites for hydroxylation is 2. The van der Waals surface area contributed by atoms with Crippen LogP contribution in [-0.4, -0.2) is 36.1 Å². The topological polar surface area (TPSA) is 87.4 Å². The molecule has 0 saturated heterocycles. The number of hydrogen-bond acceptors (Lipinski definition) is 5. The molecule has 0 spiro atoms. The summed E-state index contributed by atoms with van der Waals surface area (Å²) >= 11 is 0. The van der Waals surface area contributed by atoms with Crippen LogP contribution in [0.4, 0.5) is 0 Å². The Bertz CT molecular complexity index is 1460. The van der Waals surface area contributed by atoms with E-state index in [0.717, 1.165) is 15.1 Å². The average molecular weight is 463 g/mol. The van der Waals surface area contributed by atoms with Crippen molar-refractivity contribution < 1.29 is 22.7 Å². The molecule has 168 valence electrons. The number of methoxy groups -OCH3 is 1. The molecule has 33 heavy (non-hydrogen) atoms. The quantitative estimate of drug-likeness (QED) is 0.304. The summed E-state index contributed by atoms with van der Waals surface area (Å²) < 4.78 is 34.9. The van der Waals surface area contributed by atoms with E-state index in [4.69, 9.17) is 4.74 Å². The molecule has 2 aromatic heterocycles. The van der Waals surface area contributed by atoms with Crippen LogP contribution < -0.4 is 4.74 Å². The third-order valence-electron chi connectivity index (χ3n) is 5.39. The van der Waals surface area contributed by atoms with Gasteiger partial charge < -0.3 is 9.30 Å². The SMILES string of the molecule is COc1cc(C)ccc1C(=O)c1c(-n2cccc2C=O)ccn1S(=O)(=O)c1ccc(C)cc1. The number of aromatic nitrogens is 2. The average Bonchev–Trinajstić information content (AvgIpc) is 3.45. The summed E-state index contributed by atoms with van der Waals surface area (Å²) in [4.78, 5) is 25.4. The summed E-state index contributed by atoms with van der Waals surface area (Å²) in [5, 5.41) is 0. The molecule has 0 radical (unpaired) electrons. The molecule has 0 aliphatic rings. The maximum absolute atomic E-state index is 13.8. The van der Waals surface area contributed by atoms with Gasteiger partial charge >= 0.3 is 0 Å². The van der Waals surface area contributed by atoms with E-state index in [1.807, 2.05) is 13.8 Å². The monoisotopic (exact) mass is 462 g/mol. The molecule has 2 aromatic carbocycles. The van der Waals surface area contributed by atoms with E-state index >= 15 is 0 Å². The Morgan fingerprint density at radius 2 is 1.64 bits per heavy atom. The molecule has 4 aromatic rings. The van der Waals surface area contributed by atoms with E-state index in [2.05, 4.69) is 0 Å². The fourth-order valence-corrected chi connectivity index (χ4v) is 5.01. The molecule has 2 heterocycles. The highest BCUT2D eigenvalue weighted by molar-refractivity contribution is 7.90. The van der Waals surface area contributed by atoms with Crippen molar-refractivity contribution in [2.75, 3.05) is 7.11 Å². The number of hydrogen-bond donors (Lipinski definition) is 0. The van der Waals surface area contributed by atoms with Crippen LogP contribution in [0.25, 0.3) is 5.69 Å². The van der Waals surface area contributed by atoms with Gasteiger partial charge in [-0.25, -0.2) is 12.4 Å². The maximum atomic E-state index is 13.8. The van der Waals surface area contributed by atoms with E-state index in [1.165, 1.54) is 36.1 Å². The van der Waals surface area contributed by atoms with E-state index in [0.29, 0.717) is 12.0 Å². The normalized spacial score (nSPS) is 11.4. The fraction of sp³-hybridized carbons (Fsp3) is 0.120. The number of carbonyl (C=O) groups is 2. The van der Waals surface area contributed by atoms with Gasteiger partial charge in [-0.2, -0.15) is 0 Å². The van der Waals surface area contributed by atoms with Crippen molar-refractivity contribution in [2.24, 2.45) is 0 Å². The Morgan fingerprint density at radius 1 is 0.939 bits per heavy atom. The number of ketones is 1. The Labute approximate surface area is 191 Å². The number of carbonyl (C=O) groups excluding carboxylic acids is 2. The molecule has 0 fully saturated rings. The molecular formula is C25H22N2O5S. The molecule has 8 heteroatoms. The van der Waals surface area contributed by atoms with E-state index in [9.17, 15) is 18.0 Å². The van der Waals surface area contributed by atoms with Crippen molar-refractivity contribution in [2.45, 2.75) is 18.7 Å². The van der Waals surface area contributed by atoms with E-state index < -0.39 is 15.8 Å². The second-order valence-corrected chi connectivity index (χ2v) is 9.43. The second kappa shape index (κ2) is 8.55. The van der Waals surface area contributed by atoms with Gasteiger partial charge in [0.05, 0.1) is 29.0 Å². The fourth-order valence-electron chi connectivity index (χ4n) is 3.66. The van der Waals surface area contributed by atoms with Gasteiger partial charge in [0.2, 0.25) is 5.78 Å². The first-order valence-electron chi connectivity index (χ1n) is 10.1. The van der Waals surface area contributed by atoms with Crippen molar-refractivity contribution in [1.29, 1.82) is 0 Å². The van der Waals surface area contributed by atoms with Gasteiger partial charge in [0.15, 0.2) is 6.29 Å². The summed E-state index contributed by atoms with van der Waals surface area (Å²) in [6.45, 7) is 3.72. The van der Waals surface area contributed by atoms with Crippen LogP contribution in [0, 0.1) is 13.8 Å². The lowest BCUT2D eigenvalue weighted by atomic mass is 10.0. The van der Waals surface area contributed by atoms with E-state index in [1.54, 1.807) is 48.7 Å². The van der Waals surface area contributed by atoms with Crippen molar-refractivity contribution in [3.8, 4) is 11.4 Å². The summed E-state index contributed by atoms with van der Waals surface area (Å²) in [6, 6.07) is 16.2. The zero-order valence-electron chi connectivity index (χ0n) is 18.3. The Hall–Kier alpha value is -3.91. The molecule has 0 aliphatic heterocycles. The first-order valence-corrected chi connectivity index (χ1v) is 11.6. The Kier molecular flexibility index (Phi) is 5.78. The first kappa shape index (κ1) is 22.3. The number of aldehydes is 1. The minimum Gasteiger partial charge on any atom is -0.496 e. The molecule has 0 amide bonds. The Balaban J connectivity index is 1.99. The summed E-state index contributed by atoms with van der Waals surface area (Å²) in [5.41, 5.74) is 2.46. The van der Waals surface area contributed by atoms with Gasteiger partial charge in [-0.3, -0.25) is 9.59 Å². The van der Waals surface area contributed by atoms with E-state index in [-0.39, 0.29) is 27.5 Å². The largest absolute Gasteiger partial charge is 0.496 e. The first-order chi connectivity index (χ1) is 15.8. The highest BCUT2D eigenvalue weighted by Gasteiger charge is 2.29. The standard InChI is InChI=1S/C25H22N2O5S/c1-17-6-9-20(10-7-17)33(30,31)27-14-12-22(26-13-4-5-19(26)16-28)24(27)25(29)21-11-8-18(2)15-23(21)32-3/h4-16H,1-3H3. The zero-order valence-corrected chi connectivity index (χ0v) is 19.2. The minimum atomic E-state index is -4.10. The maximum Gasteiger partial charge on any atom is 0.268 e. The number of nitrogens with zero attached hydrogens (tertiary/aromatic N) is 2. The van der Waals surface area contributed by atoms with Crippen LogP contribution in [0.15, 0.2) is 78.0 Å². The highest BCUT2D eigenvalue weighted by Crippen LogP contribution is 2.30. The lowest BCUT2D eigenvalue weighted by Gasteiger charge is -2.15. The van der Waals surface area contributed by atoms with Gasteiger partial charge in [-0.15, -0.1) is 0 Å². The van der Waals surface area contributed by atoms with Crippen molar-refractivity contribution in [3.05, 3.63) is 101 Å². The van der Waals surface area contributed by atoms with Gasteiger partial charge in [0.1, 0.15) is 11.4 Å². The van der Waals surface area contributed by atoms with Crippen LogP contribution >= 0.6 is 0 Å². The van der Waals surface area contributed by atoms with Crippen LogP contribution in [0.3, 0.4) is 0 Å². The van der Waals surface area contributed by atoms with Gasteiger partial charge in [-0.1, -0.05) is 23.8 Å². The van der Waals surface area contributed by atoms with Gasteiger partial charge in [-0.05, 0) is 61.9 Å². The molecule has 0 aliphatic carbocycles. The molecule has 4 rings (SSSR count). The molecule has 0 atom stereocenters. The third-order valence-corrected chi connectivity index (χ3v) is 7.08. The van der Waals surface area contributed by atoms with Crippen LogP contribution in [0.2, 0.25) is 0 Å². The number of rotatable bonds is 7. The van der Waals surface area contributed by atoms with Crippen LogP contribution in [-0.2, 0) is 10.0 Å². The summed E-state index contributed by atoms with van der Waals surface area (Å²) in [7, 11) is -2.65. The van der Waals surface area contributed by atoms with Crippen molar-refractivity contribution in [3.63, 3.8) is 0 Å². The lowest BCUT2D eigenvalue weighted by Crippen LogP contribution is -2.20. The molecular weight excluding hydrogens is 440 g/mol. The molecule has 7 nitrogen and oxygen atoms in total. The second-order valence-electron chi connectivity index (χ2n) is 7.62. The minimum absolute atomic E-state index is 0.0447.